The van der Waals surface area contributed by atoms with Crippen LogP contribution < -0.4 is 0 Å². The lowest BCUT2D eigenvalue weighted by Gasteiger charge is -2.00. The Labute approximate surface area is 74.6 Å². The van der Waals surface area contributed by atoms with Crippen LogP contribution in [0, 0.1) is 0 Å². The van der Waals surface area contributed by atoms with Crippen LogP contribution in [0.5, 0.6) is 0 Å². The number of hydrogen-bond donors (Lipinski definition) is 0. The first kappa shape index (κ1) is 11.2. The van der Waals surface area contributed by atoms with Gasteiger partial charge in [-0.2, -0.15) is 0 Å². The zero-order chi connectivity index (χ0) is 9.40. The van der Waals surface area contributed by atoms with Crippen LogP contribution in [0.1, 0.15) is 40.0 Å². The summed E-state index contributed by atoms with van der Waals surface area (Å²) in [6.45, 7) is 6.20. The van der Waals surface area contributed by atoms with E-state index in [0.29, 0.717) is 6.61 Å². The minimum absolute atomic E-state index is 0.186. The van der Waals surface area contributed by atoms with Gasteiger partial charge in [-0.05, 0) is 20.3 Å². The van der Waals surface area contributed by atoms with Crippen molar-refractivity contribution in [3.63, 3.8) is 0 Å². The molecule has 0 aromatic rings. The molecule has 0 fully saturated rings. The molecule has 0 aliphatic carbocycles. The average molecular weight is 170 g/mol. The zero-order valence-electron chi connectivity index (χ0n) is 8.22. The molecule has 0 N–H and O–H groups in total. The molecule has 2 nitrogen and oxygen atoms in total. The van der Waals surface area contributed by atoms with Gasteiger partial charge >= 0.3 is 5.97 Å². The van der Waals surface area contributed by atoms with Crippen molar-refractivity contribution in [3.05, 3.63) is 11.6 Å². The van der Waals surface area contributed by atoms with Crippen LogP contribution in [0.15, 0.2) is 11.6 Å². The van der Waals surface area contributed by atoms with Gasteiger partial charge in [-0.3, -0.25) is 0 Å². The first-order valence-electron chi connectivity index (χ1n) is 4.56. The van der Waals surface area contributed by atoms with Gasteiger partial charge in [0, 0.05) is 5.57 Å². The molecule has 0 saturated heterocycles. The number of rotatable bonds is 5. The van der Waals surface area contributed by atoms with Crippen molar-refractivity contribution in [2.75, 3.05) is 6.61 Å². The summed E-state index contributed by atoms with van der Waals surface area (Å²) in [5.74, 6) is -0.186. The number of carbonyl (C=O) groups excluding carboxylic acids is 1. The van der Waals surface area contributed by atoms with Crippen molar-refractivity contribution >= 4 is 5.97 Å². The van der Waals surface area contributed by atoms with Crippen molar-refractivity contribution < 1.29 is 9.53 Å². The van der Waals surface area contributed by atoms with E-state index in [2.05, 4.69) is 6.92 Å². The Balaban J connectivity index is 3.74. The predicted octanol–water partition coefficient (Wildman–Crippen LogP) is 2.69. The quantitative estimate of drug-likeness (QED) is 0.360. The van der Waals surface area contributed by atoms with Crippen molar-refractivity contribution in [1.29, 1.82) is 0 Å². The molecule has 12 heavy (non-hydrogen) atoms. The first-order valence-corrected chi connectivity index (χ1v) is 4.56. The molecule has 0 heterocycles. The van der Waals surface area contributed by atoms with Crippen LogP contribution in [-0.4, -0.2) is 12.6 Å². The van der Waals surface area contributed by atoms with E-state index in [1.165, 1.54) is 0 Å². The van der Waals surface area contributed by atoms with Gasteiger partial charge in [0.25, 0.3) is 0 Å². The predicted molar refractivity (Wildman–Crippen MR) is 49.9 cm³/mol. The maximum Gasteiger partial charge on any atom is 0.333 e. The molecular formula is C10H18O2. The largest absolute Gasteiger partial charge is 0.463 e. The second kappa shape index (κ2) is 6.89. The molecule has 0 spiro atoms. The number of hydrogen-bond acceptors (Lipinski definition) is 2. The number of unbranched alkanes of at least 4 members (excludes halogenated alkanes) is 2. The summed E-state index contributed by atoms with van der Waals surface area (Å²) in [4.78, 5) is 11.0. The van der Waals surface area contributed by atoms with Gasteiger partial charge in [-0.1, -0.05) is 25.8 Å². The number of allylic oxidation sites excluding steroid dienone is 1. The topological polar surface area (TPSA) is 26.3 Å². The Bertz CT molecular complexity index is 159. The van der Waals surface area contributed by atoms with Gasteiger partial charge in [-0.25, -0.2) is 4.79 Å². The van der Waals surface area contributed by atoms with Crippen LogP contribution in [-0.2, 0) is 9.53 Å². The smallest absolute Gasteiger partial charge is 0.333 e. The van der Waals surface area contributed by atoms with Gasteiger partial charge in [0.1, 0.15) is 0 Å². The molecule has 0 bridgehead atoms. The Morgan fingerprint density at radius 2 is 2.08 bits per heavy atom. The third kappa shape index (κ3) is 4.94. The minimum atomic E-state index is -0.186. The van der Waals surface area contributed by atoms with E-state index in [-0.39, 0.29) is 5.97 Å². The van der Waals surface area contributed by atoms with Gasteiger partial charge < -0.3 is 4.74 Å². The molecule has 0 atom stereocenters. The number of esters is 1. The van der Waals surface area contributed by atoms with Crippen LogP contribution >= 0.6 is 0 Å². The molecule has 0 saturated carbocycles. The fourth-order valence-corrected chi connectivity index (χ4v) is 0.851. The van der Waals surface area contributed by atoms with E-state index in [1.54, 1.807) is 6.92 Å². The van der Waals surface area contributed by atoms with E-state index >= 15 is 0 Å². The van der Waals surface area contributed by atoms with Gasteiger partial charge in [0.05, 0.1) is 6.61 Å². The van der Waals surface area contributed by atoms with E-state index < -0.39 is 0 Å². The highest BCUT2D eigenvalue weighted by Gasteiger charge is 2.02. The highest BCUT2D eigenvalue weighted by atomic mass is 16.5. The average Bonchev–Trinajstić information content (AvgIpc) is 2.05. The fraction of sp³-hybridized carbons (Fsp3) is 0.700. The molecule has 0 aliphatic heterocycles. The van der Waals surface area contributed by atoms with E-state index in [4.69, 9.17) is 4.74 Å². The molecule has 0 amide bonds. The van der Waals surface area contributed by atoms with Gasteiger partial charge in [0.2, 0.25) is 0 Å². The zero-order valence-corrected chi connectivity index (χ0v) is 8.22. The van der Waals surface area contributed by atoms with Crippen LogP contribution in [0.4, 0.5) is 0 Å². The molecule has 0 rings (SSSR count). The Morgan fingerprint density at radius 3 is 2.58 bits per heavy atom. The Hall–Kier alpha value is -0.790. The second-order valence-electron chi connectivity index (χ2n) is 2.75. The van der Waals surface area contributed by atoms with Crippen LogP contribution in [0.25, 0.3) is 0 Å². The van der Waals surface area contributed by atoms with Gasteiger partial charge in [0.15, 0.2) is 0 Å². The highest BCUT2D eigenvalue weighted by molar-refractivity contribution is 5.87. The Kier molecular flexibility index (Phi) is 6.44. The maximum atomic E-state index is 11.0. The summed E-state index contributed by atoms with van der Waals surface area (Å²) >= 11 is 0. The molecule has 0 aliphatic rings. The van der Waals surface area contributed by atoms with E-state index in [9.17, 15) is 4.79 Å². The molecular weight excluding hydrogens is 152 g/mol. The summed E-state index contributed by atoms with van der Waals surface area (Å²) < 4.78 is 4.83. The highest BCUT2D eigenvalue weighted by Crippen LogP contribution is 2.02. The van der Waals surface area contributed by atoms with Crippen molar-refractivity contribution in [2.24, 2.45) is 0 Å². The third-order valence-electron chi connectivity index (χ3n) is 1.61. The molecule has 0 aromatic carbocycles. The van der Waals surface area contributed by atoms with E-state index in [0.717, 1.165) is 24.8 Å². The SMILES string of the molecule is CCCC/C=C(/C)C(=O)OCC. The summed E-state index contributed by atoms with van der Waals surface area (Å²) in [6, 6.07) is 0. The molecule has 0 radical (unpaired) electrons. The molecule has 0 aromatic heterocycles. The summed E-state index contributed by atoms with van der Waals surface area (Å²) in [7, 11) is 0. The summed E-state index contributed by atoms with van der Waals surface area (Å²) in [5, 5.41) is 0. The number of ether oxygens (including phenoxy) is 1. The lowest BCUT2D eigenvalue weighted by molar-refractivity contribution is -0.138. The lowest BCUT2D eigenvalue weighted by Crippen LogP contribution is -2.04. The first-order chi connectivity index (χ1) is 5.72. The monoisotopic (exact) mass is 170 g/mol. The number of carbonyl (C=O) groups is 1. The summed E-state index contributed by atoms with van der Waals surface area (Å²) in [6.07, 6.45) is 5.21. The second-order valence-corrected chi connectivity index (χ2v) is 2.75. The molecule has 0 unspecified atom stereocenters. The standard InChI is InChI=1S/C10H18O2/c1-4-6-7-8-9(3)10(11)12-5-2/h8H,4-7H2,1-3H3/b9-8-. The van der Waals surface area contributed by atoms with Crippen LogP contribution in [0.3, 0.4) is 0 Å². The summed E-state index contributed by atoms with van der Waals surface area (Å²) in [5.41, 5.74) is 0.727. The molecule has 70 valence electrons. The van der Waals surface area contributed by atoms with E-state index in [1.807, 2.05) is 13.0 Å². The normalized spacial score (nSPS) is 11.4. The van der Waals surface area contributed by atoms with Gasteiger partial charge in [-0.15, -0.1) is 0 Å². The molecule has 2 heteroatoms. The van der Waals surface area contributed by atoms with Crippen molar-refractivity contribution in [3.8, 4) is 0 Å². The maximum absolute atomic E-state index is 11.0. The Morgan fingerprint density at radius 1 is 1.42 bits per heavy atom. The van der Waals surface area contributed by atoms with Crippen molar-refractivity contribution in [2.45, 2.75) is 40.0 Å². The fourth-order valence-electron chi connectivity index (χ4n) is 0.851. The lowest BCUT2D eigenvalue weighted by atomic mass is 10.2. The minimum Gasteiger partial charge on any atom is -0.463 e. The van der Waals surface area contributed by atoms with Crippen LogP contribution in [0.2, 0.25) is 0 Å². The third-order valence-corrected chi connectivity index (χ3v) is 1.61. The van der Waals surface area contributed by atoms with Crippen molar-refractivity contribution in [1.82, 2.24) is 0 Å².